The highest BCUT2D eigenvalue weighted by atomic mass is 16.2. The monoisotopic (exact) mass is 317 g/mol. The molecule has 2 amide bonds. The molecule has 0 spiro atoms. The minimum absolute atomic E-state index is 0.0168. The quantitative estimate of drug-likeness (QED) is 0.729. The number of amides is 2. The maximum Gasteiger partial charge on any atom is 0.234 e. The van der Waals surface area contributed by atoms with Crippen LogP contribution in [0.1, 0.15) is 38.3 Å². The summed E-state index contributed by atoms with van der Waals surface area (Å²) >= 11 is 0. The molecule has 1 fully saturated rings. The molecule has 0 radical (unpaired) electrons. The smallest absolute Gasteiger partial charge is 0.234 e. The normalized spacial score (nSPS) is 15.3. The molecule has 2 rings (SSSR count). The molecule has 1 unspecified atom stereocenters. The Balaban J connectivity index is 1.90. The van der Waals surface area contributed by atoms with Crippen LogP contribution in [0.15, 0.2) is 30.3 Å². The van der Waals surface area contributed by atoms with Gasteiger partial charge in [0.05, 0.1) is 19.1 Å². The van der Waals surface area contributed by atoms with E-state index in [4.69, 9.17) is 0 Å². The number of carbonyl (C=O) groups excluding carboxylic acids is 2. The molecule has 1 aliphatic rings. The Morgan fingerprint density at radius 2 is 1.78 bits per heavy atom. The van der Waals surface area contributed by atoms with Crippen LogP contribution in [0.5, 0.6) is 0 Å². The fraction of sp³-hybridized carbons (Fsp3) is 0.556. The highest BCUT2D eigenvalue weighted by Gasteiger charge is 2.33. The lowest BCUT2D eigenvalue weighted by Crippen LogP contribution is -2.43. The molecule has 5 heteroatoms. The zero-order chi connectivity index (χ0) is 16.7. The van der Waals surface area contributed by atoms with Crippen molar-refractivity contribution in [3.63, 3.8) is 0 Å². The summed E-state index contributed by atoms with van der Waals surface area (Å²) in [5.74, 6) is 0.487. The molecule has 0 aliphatic heterocycles. The molecule has 2 N–H and O–H groups in total. The highest BCUT2D eigenvalue weighted by molar-refractivity contribution is 5.81. The summed E-state index contributed by atoms with van der Waals surface area (Å²) in [6, 6.07) is 10.2. The number of likely N-dealkylation sites (N-methyl/N-ethyl adjacent to an activating group) is 2. The SMILES string of the molecule is CCNC(=O)CN(CC)CC(=O)NC(c1ccccc1)C1CC1. The van der Waals surface area contributed by atoms with Crippen molar-refractivity contribution >= 4 is 11.8 Å². The molecule has 1 aromatic carbocycles. The molecule has 0 saturated heterocycles. The first-order valence-electron chi connectivity index (χ1n) is 8.47. The van der Waals surface area contributed by atoms with Crippen LogP contribution in [0.25, 0.3) is 0 Å². The third kappa shape index (κ3) is 5.67. The standard InChI is InChI=1S/C18H27N3O2/c1-3-19-16(22)12-21(4-2)13-17(23)20-18(15-10-11-15)14-8-6-5-7-9-14/h5-9,15,18H,3-4,10-13H2,1-2H3,(H,19,22)(H,20,23). The van der Waals surface area contributed by atoms with E-state index in [9.17, 15) is 9.59 Å². The van der Waals surface area contributed by atoms with Gasteiger partial charge in [-0.25, -0.2) is 0 Å². The third-order valence-electron chi connectivity index (χ3n) is 4.12. The lowest BCUT2D eigenvalue weighted by Gasteiger charge is -2.23. The average molecular weight is 317 g/mol. The summed E-state index contributed by atoms with van der Waals surface area (Å²) in [4.78, 5) is 25.9. The van der Waals surface area contributed by atoms with E-state index in [2.05, 4.69) is 22.8 Å². The molecular weight excluding hydrogens is 290 g/mol. The summed E-state index contributed by atoms with van der Waals surface area (Å²) < 4.78 is 0. The zero-order valence-electron chi connectivity index (χ0n) is 14.0. The first-order chi connectivity index (χ1) is 11.1. The van der Waals surface area contributed by atoms with Gasteiger partial charge in [0, 0.05) is 6.54 Å². The summed E-state index contributed by atoms with van der Waals surface area (Å²) in [6.45, 7) is 5.65. The average Bonchev–Trinajstić information content (AvgIpc) is 3.38. The van der Waals surface area contributed by atoms with Crippen LogP contribution in [-0.2, 0) is 9.59 Å². The van der Waals surface area contributed by atoms with Crippen molar-refractivity contribution in [2.75, 3.05) is 26.2 Å². The molecular formula is C18H27N3O2. The van der Waals surface area contributed by atoms with E-state index >= 15 is 0 Å². The van der Waals surface area contributed by atoms with Crippen LogP contribution < -0.4 is 10.6 Å². The second-order valence-electron chi connectivity index (χ2n) is 6.05. The molecule has 1 aliphatic carbocycles. The number of hydrogen-bond acceptors (Lipinski definition) is 3. The first kappa shape index (κ1) is 17.5. The first-order valence-corrected chi connectivity index (χ1v) is 8.47. The molecule has 23 heavy (non-hydrogen) atoms. The van der Waals surface area contributed by atoms with Crippen molar-refractivity contribution in [3.05, 3.63) is 35.9 Å². The Kier molecular flexibility index (Phi) is 6.59. The Labute approximate surface area is 138 Å². The maximum atomic E-state index is 12.4. The summed E-state index contributed by atoms with van der Waals surface area (Å²) in [6.07, 6.45) is 2.33. The number of benzene rings is 1. The Morgan fingerprint density at radius 3 is 2.35 bits per heavy atom. The molecule has 0 bridgehead atoms. The molecule has 1 aromatic rings. The van der Waals surface area contributed by atoms with Gasteiger partial charge in [0.1, 0.15) is 0 Å². The van der Waals surface area contributed by atoms with Gasteiger partial charge in [0.2, 0.25) is 11.8 Å². The number of hydrogen-bond donors (Lipinski definition) is 2. The van der Waals surface area contributed by atoms with Gasteiger partial charge < -0.3 is 10.6 Å². The molecule has 1 saturated carbocycles. The van der Waals surface area contributed by atoms with E-state index in [1.165, 1.54) is 0 Å². The van der Waals surface area contributed by atoms with Gasteiger partial charge in [0.15, 0.2) is 0 Å². The van der Waals surface area contributed by atoms with Crippen LogP contribution in [0, 0.1) is 5.92 Å². The van der Waals surface area contributed by atoms with E-state index in [1.54, 1.807) is 0 Å². The highest BCUT2D eigenvalue weighted by Crippen LogP contribution is 2.40. The zero-order valence-corrected chi connectivity index (χ0v) is 14.0. The van der Waals surface area contributed by atoms with Crippen LogP contribution in [0.3, 0.4) is 0 Å². The lowest BCUT2D eigenvalue weighted by atomic mass is 10.0. The van der Waals surface area contributed by atoms with Crippen molar-refractivity contribution in [1.82, 2.24) is 15.5 Å². The largest absolute Gasteiger partial charge is 0.355 e. The van der Waals surface area contributed by atoms with Gasteiger partial charge in [-0.1, -0.05) is 37.3 Å². The van der Waals surface area contributed by atoms with Gasteiger partial charge in [0.25, 0.3) is 0 Å². The van der Waals surface area contributed by atoms with Gasteiger partial charge in [-0.15, -0.1) is 0 Å². The number of rotatable bonds is 9. The van der Waals surface area contributed by atoms with Crippen molar-refractivity contribution in [1.29, 1.82) is 0 Å². The van der Waals surface area contributed by atoms with Gasteiger partial charge in [-0.05, 0) is 37.8 Å². The molecule has 5 nitrogen and oxygen atoms in total. The fourth-order valence-corrected chi connectivity index (χ4v) is 2.72. The van der Waals surface area contributed by atoms with Gasteiger partial charge in [-0.2, -0.15) is 0 Å². The van der Waals surface area contributed by atoms with Crippen molar-refractivity contribution in [2.45, 2.75) is 32.7 Å². The summed E-state index contributed by atoms with van der Waals surface area (Å²) in [5.41, 5.74) is 1.16. The molecule has 126 valence electrons. The summed E-state index contributed by atoms with van der Waals surface area (Å²) in [7, 11) is 0. The van der Waals surface area contributed by atoms with Crippen LogP contribution in [0.4, 0.5) is 0 Å². The Hall–Kier alpha value is -1.88. The fourth-order valence-electron chi connectivity index (χ4n) is 2.72. The maximum absolute atomic E-state index is 12.4. The van der Waals surface area contributed by atoms with Crippen molar-refractivity contribution < 1.29 is 9.59 Å². The number of nitrogens with one attached hydrogen (secondary N) is 2. The predicted octanol–water partition coefficient (Wildman–Crippen LogP) is 1.71. The Bertz CT molecular complexity index is 514. The van der Waals surface area contributed by atoms with Crippen molar-refractivity contribution in [2.24, 2.45) is 5.92 Å². The van der Waals surface area contributed by atoms with E-state index in [0.29, 0.717) is 19.0 Å². The second kappa shape index (κ2) is 8.67. The van der Waals surface area contributed by atoms with Crippen LogP contribution in [-0.4, -0.2) is 42.9 Å². The van der Waals surface area contributed by atoms with Gasteiger partial charge in [-0.3, -0.25) is 14.5 Å². The summed E-state index contributed by atoms with van der Waals surface area (Å²) in [5, 5.41) is 5.92. The topological polar surface area (TPSA) is 61.4 Å². The van der Waals surface area contributed by atoms with E-state index < -0.39 is 0 Å². The predicted molar refractivity (Wildman–Crippen MR) is 90.8 cm³/mol. The van der Waals surface area contributed by atoms with E-state index in [1.807, 2.05) is 36.9 Å². The molecule has 0 heterocycles. The van der Waals surface area contributed by atoms with Crippen LogP contribution in [0.2, 0.25) is 0 Å². The Morgan fingerprint density at radius 1 is 1.13 bits per heavy atom. The molecule has 1 atom stereocenters. The molecule has 0 aromatic heterocycles. The van der Waals surface area contributed by atoms with Gasteiger partial charge >= 0.3 is 0 Å². The number of nitrogens with zero attached hydrogens (tertiary/aromatic N) is 1. The van der Waals surface area contributed by atoms with E-state index in [0.717, 1.165) is 18.4 Å². The minimum Gasteiger partial charge on any atom is -0.355 e. The lowest BCUT2D eigenvalue weighted by molar-refractivity contribution is -0.125. The van der Waals surface area contributed by atoms with E-state index in [-0.39, 0.29) is 30.9 Å². The van der Waals surface area contributed by atoms with Crippen molar-refractivity contribution in [3.8, 4) is 0 Å². The minimum atomic E-state index is -0.0380. The van der Waals surface area contributed by atoms with Crippen LogP contribution >= 0.6 is 0 Å². The number of carbonyl (C=O) groups is 2. The third-order valence-corrected chi connectivity index (χ3v) is 4.12. The second-order valence-corrected chi connectivity index (χ2v) is 6.05.